The summed E-state index contributed by atoms with van der Waals surface area (Å²) in [6.45, 7) is 6.17. The van der Waals surface area contributed by atoms with Gasteiger partial charge < -0.3 is 4.74 Å². The summed E-state index contributed by atoms with van der Waals surface area (Å²) in [6, 6.07) is 0.450. The maximum Gasteiger partial charge on any atom is 0.305 e. The number of carbonyl (C=O) groups is 2. The fourth-order valence-electron chi connectivity index (χ4n) is 2.91. The molecule has 0 aromatic heterocycles. The lowest BCUT2D eigenvalue weighted by Crippen LogP contribution is -2.41. The van der Waals surface area contributed by atoms with Crippen LogP contribution in [0.25, 0.3) is 0 Å². The summed E-state index contributed by atoms with van der Waals surface area (Å²) in [5.74, 6) is 0.212. The van der Waals surface area contributed by atoms with Gasteiger partial charge in [-0.1, -0.05) is 12.8 Å². The number of carbonyl (C=O) groups excluding carboxylic acids is 2. The van der Waals surface area contributed by atoms with E-state index in [-0.39, 0.29) is 5.97 Å². The maximum absolute atomic E-state index is 11.3. The third-order valence-electron chi connectivity index (χ3n) is 3.90. The highest BCUT2D eigenvalue weighted by atomic mass is 16.5. The molecule has 0 bridgehead atoms. The van der Waals surface area contributed by atoms with Crippen LogP contribution in [0.2, 0.25) is 0 Å². The molecular formula is C16H29NO3. The molecule has 1 aliphatic heterocycles. The highest BCUT2D eigenvalue weighted by Gasteiger charge is 2.22. The molecule has 0 saturated carbocycles. The van der Waals surface area contributed by atoms with Gasteiger partial charge in [-0.3, -0.25) is 14.5 Å². The van der Waals surface area contributed by atoms with E-state index in [1.165, 1.54) is 12.8 Å². The van der Waals surface area contributed by atoms with Gasteiger partial charge in [0.25, 0.3) is 0 Å². The zero-order valence-electron chi connectivity index (χ0n) is 13.0. The third-order valence-corrected chi connectivity index (χ3v) is 3.90. The molecule has 1 rings (SSSR count). The average molecular weight is 283 g/mol. The SMILES string of the molecule is CCOC(=O)CCCCCN1CCCCC1CC(C)=O. The minimum absolute atomic E-state index is 0.0834. The minimum Gasteiger partial charge on any atom is -0.466 e. The van der Waals surface area contributed by atoms with Crippen LogP contribution in [0, 0.1) is 0 Å². The summed E-state index contributed by atoms with van der Waals surface area (Å²) < 4.78 is 4.91. The van der Waals surface area contributed by atoms with Crippen LogP contribution in [-0.2, 0) is 14.3 Å². The molecule has 1 saturated heterocycles. The molecule has 1 unspecified atom stereocenters. The fourth-order valence-corrected chi connectivity index (χ4v) is 2.91. The van der Waals surface area contributed by atoms with Gasteiger partial charge in [-0.05, 0) is 52.6 Å². The lowest BCUT2D eigenvalue weighted by molar-refractivity contribution is -0.143. The molecule has 1 heterocycles. The number of hydrogen-bond donors (Lipinski definition) is 0. The van der Waals surface area contributed by atoms with Crippen LogP contribution in [0.3, 0.4) is 0 Å². The van der Waals surface area contributed by atoms with Crippen LogP contribution in [-0.4, -0.2) is 42.4 Å². The summed E-state index contributed by atoms with van der Waals surface area (Å²) in [7, 11) is 0. The van der Waals surface area contributed by atoms with Gasteiger partial charge in [0.2, 0.25) is 0 Å². The number of ketones is 1. The molecule has 116 valence electrons. The van der Waals surface area contributed by atoms with Crippen LogP contribution >= 0.6 is 0 Å². The second-order valence-electron chi connectivity index (χ2n) is 5.71. The van der Waals surface area contributed by atoms with E-state index in [9.17, 15) is 9.59 Å². The minimum atomic E-state index is -0.0834. The molecule has 4 nitrogen and oxygen atoms in total. The van der Waals surface area contributed by atoms with Crippen molar-refractivity contribution in [2.45, 2.75) is 71.3 Å². The number of piperidine rings is 1. The normalized spacial score (nSPS) is 19.8. The molecule has 0 aromatic rings. The van der Waals surface area contributed by atoms with E-state index in [0.717, 1.165) is 38.8 Å². The highest BCUT2D eigenvalue weighted by Crippen LogP contribution is 2.20. The largest absolute Gasteiger partial charge is 0.466 e. The van der Waals surface area contributed by atoms with E-state index in [1.807, 2.05) is 6.92 Å². The smallest absolute Gasteiger partial charge is 0.305 e. The lowest BCUT2D eigenvalue weighted by atomic mass is 9.97. The number of likely N-dealkylation sites (tertiary alicyclic amines) is 1. The molecule has 1 atom stereocenters. The first-order valence-corrected chi connectivity index (χ1v) is 8.02. The average Bonchev–Trinajstić information content (AvgIpc) is 2.40. The second kappa shape index (κ2) is 9.92. The van der Waals surface area contributed by atoms with Gasteiger partial charge in [0.05, 0.1) is 6.61 Å². The number of esters is 1. The molecule has 0 radical (unpaired) electrons. The van der Waals surface area contributed by atoms with Crippen molar-refractivity contribution < 1.29 is 14.3 Å². The van der Waals surface area contributed by atoms with Crippen LogP contribution in [0.5, 0.6) is 0 Å². The van der Waals surface area contributed by atoms with Crippen molar-refractivity contribution in [3.8, 4) is 0 Å². The molecule has 0 aliphatic carbocycles. The first-order chi connectivity index (χ1) is 9.63. The maximum atomic E-state index is 11.3. The van der Waals surface area contributed by atoms with E-state index >= 15 is 0 Å². The molecular weight excluding hydrogens is 254 g/mol. The van der Waals surface area contributed by atoms with E-state index in [0.29, 0.717) is 31.3 Å². The van der Waals surface area contributed by atoms with Crippen LogP contribution in [0.1, 0.15) is 65.2 Å². The van der Waals surface area contributed by atoms with E-state index in [1.54, 1.807) is 6.92 Å². The molecule has 0 N–H and O–H groups in total. The van der Waals surface area contributed by atoms with Crippen LogP contribution in [0.4, 0.5) is 0 Å². The van der Waals surface area contributed by atoms with E-state index in [4.69, 9.17) is 4.74 Å². The molecule has 1 aliphatic rings. The van der Waals surface area contributed by atoms with Crippen molar-refractivity contribution in [2.24, 2.45) is 0 Å². The Labute approximate surface area is 122 Å². The van der Waals surface area contributed by atoms with Gasteiger partial charge in [-0.2, -0.15) is 0 Å². The van der Waals surface area contributed by atoms with Gasteiger partial charge in [-0.25, -0.2) is 0 Å². The molecule has 20 heavy (non-hydrogen) atoms. The molecule has 1 fully saturated rings. The molecule has 0 amide bonds. The summed E-state index contributed by atoms with van der Waals surface area (Å²) in [6.07, 6.45) is 7.95. The number of nitrogens with zero attached hydrogens (tertiary/aromatic N) is 1. The van der Waals surface area contributed by atoms with Crippen molar-refractivity contribution >= 4 is 11.8 Å². The molecule has 0 aromatic carbocycles. The Balaban J connectivity index is 2.15. The Kier molecular flexibility index (Phi) is 8.51. The number of ether oxygens (including phenoxy) is 1. The lowest BCUT2D eigenvalue weighted by Gasteiger charge is -2.35. The first-order valence-electron chi connectivity index (χ1n) is 8.02. The summed E-state index contributed by atoms with van der Waals surface area (Å²) in [5, 5.41) is 0. The Morgan fingerprint density at radius 3 is 2.70 bits per heavy atom. The molecule has 4 heteroatoms. The fraction of sp³-hybridized carbons (Fsp3) is 0.875. The van der Waals surface area contributed by atoms with Crippen molar-refractivity contribution in [3.63, 3.8) is 0 Å². The van der Waals surface area contributed by atoms with Gasteiger partial charge >= 0.3 is 5.97 Å². The summed E-state index contributed by atoms with van der Waals surface area (Å²) >= 11 is 0. The predicted octanol–water partition coefficient (Wildman–Crippen LogP) is 2.94. The van der Waals surface area contributed by atoms with E-state index < -0.39 is 0 Å². The highest BCUT2D eigenvalue weighted by molar-refractivity contribution is 5.76. The predicted molar refractivity (Wildman–Crippen MR) is 79.6 cm³/mol. The second-order valence-corrected chi connectivity index (χ2v) is 5.71. The van der Waals surface area contributed by atoms with Gasteiger partial charge in [0, 0.05) is 18.9 Å². The van der Waals surface area contributed by atoms with Crippen LogP contribution in [0.15, 0.2) is 0 Å². The zero-order chi connectivity index (χ0) is 14.8. The number of rotatable bonds is 9. The Morgan fingerprint density at radius 1 is 1.20 bits per heavy atom. The van der Waals surface area contributed by atoms with Crippen molar-refractivity contribution in [2.75, 3.05) is 19.7 Å². The van der Waals surface area contributed by atoms with Gasteiger partial charge in [0.15, 0.2) is 0 Å². The number of Topliss-reactive ketones (excluding diaryl/α,β-unsaturated/α-hetero) is 1. The number of hydrogen-bond acceptors (Lipinski definition) is 4. The zero-order valence-corrected chi connectivity index (χ0v) is 13.0. The summed E-state index contributed by atoms with van der Waals surface area (Å²) in [4.78, 5) is 25.0. The Morgan fingerprint density at radius 2 is 2.00 bits per heavy atom. The summed E-state index contributed by atoms with van der Waals surface area (Å²) in [5.41, 5.74) is 0. The quantitative estimate of drug-likeness (QED) is 0.482. The third kappa shape index (κ3) is 7.04. The Hall–Kier alpha value is -0.900. The van der Waals surface area contributed by atoms with Gasteiger partial charge in [0.1, 0.15) is 5.78 Å². The van der Waals surface area contributed by atoms with E-state index in [2.05, 4.69) is 4.90 Å². The van der Waals surface area contributed by atoms with Crippen molar-refractivity contribution in [3.05, 3.63) is 0 Å². The topological polar surface area (TPSA) is 46.6 Å². The standard InChI is InChI=1S/C16H29NO3/c1-3-20-16(19)10-5-4-7-11-17-12-8-6-9-15(17)13-14(2)18/h15H,3-13H2,1-2H3. The van der Waals surface area contributed by atoms with Crippen molar-refractivity contribution in [1.29, 1.82) is 0 Å². The monoisotopic (exact) mass is 283 g/mol. The van der Waals surface area contributed by atoms with Crippen LogP contribution < -0.4 is 0 Å². The number of unbranched alkanes of at least 4 members (excludes halogenated alkanes) is 2. The van der Waals surface area contributed by atoms with Crippen molar-refractivity contribution in [1.82, 2.24) is 4.90 Å². The Bertz CT molecular complexity index is 304. The molecule has 0 spiro atoms. The van der Waals surface area contributed by atoms with Gasteiger partial charge in [-0.15, -0.1) is 0 Å². The first kappa shape index (κ1) is 17.2.